The number of nitrogens with one attached hydrogen (secondary N) is 2. The fourth-order valence-corrected chi connectivity index (χ4v) is 6.10. The molecule has 1 amide bonds. The van der Waals surface area contributed by atoms with Crippen LogP contribution in [0.5, 0.6) is 0 Å². The van der Waals surface area contributed by atoms with Crippen LogP contribution in [-0.2, 0) is 4.79 Å². The third-order valence-electron chi connectivity index (χ3n) is 7.17. The van der Waals surface area contributed by atoms with E-state index in [1.54, 1.807) is 18.3 Å². The van der Waals surface area contributed by atoms with E-state index in [0.29, 0.717) is 56.7 Å². The normalized spacial score (nSPS) is 24.6. The predicted octanol–water partition coefficient (Wildman–Crippen LogP) is 5.46. The number of amides is 1. The van der Waals surface area contributed by atoms with Gasteiger partial charge in [-0.2, -0.15) is 4.98 Å². The number of anilines is 3. The molecule has 5 N–H and O–H groups in total. The number of aliphatic hydroxyl groups is 1. The smallest absolute Gasteiger partial charge is 0.224 e. The van der Waals surface area contributed by atoms with Gasteiger partial charge in [-0.05, 0) is 63.5 Å². The van der Waals surface area contributed by atoms with Crippen molar-refractivity contribution >= 4 is 69.5 Å². The molecule has 0 aliphatic heterocycles. The number of halogens is 3. The molecule has 2 fully saturated rings. The molecule has 0 unspecified atom stereocenters. The number of aliphatic hydroxyl groups excluding tert-OH is 1. The Hall–Kier alpha value is -2.33. The highest BCUT2D eigenvalue weighted by atomic mass is 35.5. The van der Waals surface area contributed by atoms with Crippen molar-refractivity contribution in [3.63, 3.8) is 0 Å². The van der Waals surface area contributed by atoms with Crippen LogP contribution in [0.2, 0.25) is 15.1 Å². The molecule has 36 heavy (non-hydrogen) atoms. The summed E-state index contributed by atoms with van der Waals surface area (Å²) in [6, 6.07) is 3.49. The van der Waals surface area contributed by atoms with Gasteiger partial charge in [0.15, 0.2) is 5.65 Å². The number of benzene rings is 1. The SMILES string of the molecule is NC(=O)[C@H]1CC[C@H](n2c(Nc3c(Cl)cc(Cl)cc3Cl)nc3cnc(N[C@H]4CC[C@H](O)CC4)nc32)CC1. The number of nitrogens with zero attached hydrogens (tertiary/aromatic N) is 4. The van der Waals surface area contributed by atoms with Gasteiger partial charge in [0.2, 0.25) is 17.8 Å². The lowest BCUT2D eigenvalue weighted by atomic mass is 9.85. The van der Waals surface area contributed by atoms with Crippen LogP contribution in [0.1, 0.15) is 57.4 Å². The summed E-state index contributed by atoms with van der Waals surface area (Å²) in [4.78, 5) is 25.8. The monoisotopic (exact) mass is 551 g/mol. The van der Waals surface area contributed by atoms with Crippen LogP contribution in [0.4, 0.5) is 17.6 Å². The van der Waals surface area contributed by atoms with Crippen molar-refractivity contribution < 1.29 is 9.90 Å². The Morgan fingerprint density at radius 2 is 1.67 bits per heavy atom. The summed E-state index contributed by atoms with van der Waals surface area (Å²) in [5.74, 6) is 0.672. The van der Waals surface area contributed by atoms with Crippen molar-refractivity contribution in [1.82, 2.24) is 19.5 Å². The molecule has 0 spiro atoms. The topological polar surface area (TPSA) is 131 Å². The number of imidazole rings is 1. The Kier molecular flexibility index (Phi) is 7.44. The first-order valence-electron chi connectivity index (χ1n) is 12.2. The summed E-state index contributed by atoms with van der Waals surface area (Å²) >= 11 is 19.0. The van der Waals surface area contributed by atoms with Gasteiger partial charge in [0.1, 0.15) is 5.52 Å². The molecular formula is C24H28Cl3N7O2. The number of rotatable bonds is 6. The maximum Gasteiger partial charge on any atom is 0.224 e. The predicted molar refractivity (Wildman–Crippen MR) is 142 cm³/mol. The van der Waals surface area contributed by atoms with E-state index >= 15 is 0 Å². The van der Waals surface area contributed by atoms with Gasteiger partial charge < -0.3 is 21.5 Å². The van der Waals surface area contributed by atoms with Crippen LogP contribution in [-0.4, -0.2) is 42.7 Å². The van der Waals surface area contributed by atoms with Gasteiger partial charge in [-0.25, -0.2) is 9.97 Å². The van der Waals surface area contributed by atoms with Crippen LogP contribution in [0.3, 0.4) is 0 Å². The Balaban J connectivity index is 1.50. The van der Waals surface area contributed by atoms with E-state index < -0.39 is 0 Å². The number of aromatic nitrogens is 4. The molecule has 9 nitrogen and oxygen atoms in total. The lowest BCUT2D eigenvalue weighted by Crippen LogP contribution is -2.29. The highest BCUT2D eigenvalue weighted by molar-refractivity contribution is 6.41. The van der Waals surface area contributed by atoms with Crippen molar-refractivity contribution in [3.05, 3.63) is 33.4 Å². The van der Waals surface area contributed by atoms with Gasteiger partial charge in [0.05, 0.1) is 28.0 Å². The minimum atomic E-state index is -0.256. The van der Waals surface area contributed by atoms with E-state index in [4.69, 9.17) is 50.5 Å². The zero-order valence-corrected chi connectivity index (χ0v) is 21.8. The summed E-state index contributed by atoms with van der Waals surface area (Å²) in [5.41, 5.74) is 7.36. The van der Waals surface area contributed by atoms with Gasteiger partial charge in [0, 0.05) is 23.0 Å². The van der Waals surface area contributed by atoms with E-state index in [1.807, 2.05) is 4.57 Å². The summed E-state index contributed by atoms with van der Waals surface area (Å²) in [6.45, 7) is 0. The third kappa shape index (κ3) is 5.34. The standard InChI is InChI=1S/C24H28Cl3N7O2/c25-13-9-17(26)20(18(27)10-13)32-24-31-19-11-29-23(30-14-3-7-16(35)8-4-14)33-22(19)34(24)15-5-1-12(2-6-15)21(28)36/h9-12,14-16,35H,1-8H2,(H2,28,36)(H,31,32)(H,29,30,33)/t12-,14-,15-,16-. The average Bonchev–Trinajstić information content (AvgIpc) is 3.20. The van der Waals surface area contributed by atoms with Crippen LogP contribution in [0.15, 0.2) is 18.3 Å². The summed E-state index contributed by atoms with van der Waals surface area (Å²) in [5, 5.41) is 17.7. The second kappa shape index (κ2) is 10.6. The number of carbonyl (C=O) groups excluding carboxylic acids is 1. The first-order chi connectivity index (χ1) is 17.3. The number of carbonyl (C=O) groups is 1. The van der Waals surface area contributed by atoms with Crippen molar-refractivity contribution in [2.24, 2.45) is 11.7 Å². The molecule has 0 radical (unpaired) electrons. The fourth-order valence-electron chi connectivity index (χ4n) is 5.19. The molecular weight excluding hydrogens is 525 g/mol. The van der Waals surface area contributed by atoms with Gasteiger partial charge in [-0.15, -0.1) is 0 Å². The fraction of sp³-hybridized carbons (Fsp3) is 0.500. The van der Waals surface area contributed by atoms with Crippen molar-refractivity contribution in [1.29, 1.82) is 0 Å². The second-order valence-electron chi connectivity index (χ2n) is 9.63. The van der Waals surface area contributed by atoms with E-state index in [1.165, 1.54) is 0 Å². The Bertz CT molecular complexity index is 1250. The van der Waals surface area contributed by atoms with E-state index in [-0.39, 0.29) is 30.0 Å². The first kappa shape index (κ1) is 25.3. The van der Waals surface area contributed by atoms with E-state index in [0.717, 1.165) is 38.5 Å². The van der Waals surface area contributed by atoms with Crippen LogP contribution >= 0.6 is 34.8 Å². The van der Waals surface area contributed by atoms with E-state index in [9.17, 15) is 9.90 Å². The number of fused-ring (bicyclic) bond motifs is 1. The van der Waals surface area contributed by atoms with E-state index in [2.05, 4.69) is 15.6 Å². The minimum Gasteiger partial charge on any atom is -0.393 e. The zero-order valence-electron chi connectivity index (χ0n) is 19.6. The minimum absolute atomic E-state index is 0.0468. The molecule has 5 rings (SSSR count). The zero-order chi connectivity index (χ0) is 25.4. The molecule has 0 saturated heterocycles. The van der Waals surface area contributed by atoms with Crippen molar-refractivity contribution in [2.75, 3.05) is 10.6 Å². The highest BCUT2D eigenvalue weighted by Crippen LogP contribution is 2.40. The highest BCUT2D eigenvalue weighted by Gasteiger charge is 2.30. The summed E-state index contributed by atoms with van der Waals surface area (Å²) < 4.78 is 2.05. The van der Waals surface area contributed by atoms with Gasteiger partial charge in [0.25, 0.3) is 0 Å². The third-order valence-corrected chi connectivity index (χ3v) is 7.98. The van der Waals surface area contributed by atoms with Gasteiger partial charge >= 0.3 is 0 Å². The maximum absolute atomic E-state index is 11.7. The van der Waals surface area contributed by atoms with Crippen LogP contribution in [0.25, 0.3) is 11.2 Å². The van der Waals surface area contributed by atoms with Gasteiger partial charge in [-0.3, -0.25) is 9.36 Å². The molecule has 2 aromatic heterocycles. The molecule has 0 atom stereocenters. The molecule has 192 valence electrons. The molecule has 0 bridgehead atoms. The molecule has 2 aliphatic carbocycles. The Morgan fingerprint density at radius 3 is 2.31 bits per heavy atom. The molecule has 2 heterocycles. The number of primary amides is 1. The molecule has 1 aromatic carbocycles. The van der Waals surface area contributed by atoms with Crippen molar-refractivity contribution in [2.45, 2.75) is 69.6 Å². The lowest BCUT2D eigenvalue weighted by molar-refractivity contribution is -0.122. The van der Waals surface area contributed by atoms with Gasteiger partial charge in [-0.1, -0.05) is 34.8 Å². The Labute approximate surface area is 223 Å². The maximum atomic E-state index is 11.7. The quantitative estimate of drug-likeness (QED) is 0.319. The first-order valence-corrected chi connectivity index (χ1v) is 13.3. The number of hydrogen-bond acceptors (Lipinski definition) is 7. The van der Waals surface area contributed by atoms with Crippen molar-refractivity contribution in [3.8, 4) is 0 Å². The lowest BCUT2D eigenvalue weighted by Gasteiger charge is -2.29. The molecule has 2 aliphatic rings. The molecule has 3 aromatic rings. The summed E-state index contributed by atoms with van der Waals surface area (Å²) in [6.07, 6.45) is 7.61. The van der Waals surface area contributed by atoms with Crippen LogP contribution in [0, 0.1) is 5.92 Å². The molecule has 12 heteroatoms. The number of nitrogens with two attached hydrogens (primary N) is 1. The number of hydrogen-bond donors (Lipinski definition) is 4. The Morgan fingerprint density at radius 1 is 1.00 bits per heavy atom. The average molecular weight is 553 g/mol. The van der Waals surface area contributed by atoms with Crippen LogP contribution < -0.4 is 16.4 Å². The summed E-state index contributed by atoms with van der Waals surface area (Å²) in [7, 11) is 0. The second-order valence-corrected chi connectivity index (χ2v) is 10.9. The largest absolute Gasteiger partial charge is 0.393 e. The molecule has 2 saturated carbocycles.